The number of halogens is 1. The Balaban J connectivity index is 2.08. The Morgan fingerprint density at radius 1 is 1.13 bits per heavy atom. The van der Waals surface area contributed by atoms with Crippen LogP contribution in [0.2, 0.25) is 5.15 Å². The number of nitrogens with one attached hydrogen (secondary N) is 2. The monoisotopic (exact) mass is 324 g/mol. The number of fused-ring (bicyclic) bond motifs is 1. The number of pyridine rings is 2. The Morgan fingerprint density at radius 3 is 2.65 bits per heavy atom. The van der Waals surface area contributed by atoms with Crippen molar-refractivity contribution in [3.8, 4) is 0 Å². The highest BCUT2D eigenvalue weighted by molar-refractivity contribution is 6.30. The highest BCUT2D eigenvalue weighted by Gasteiger charge is 2.13. The molecule has 0 bridgehead atoms. The summed E-state index contributed by atoms with van der Waals surface area (Å²) < 4.78 is 0. The van der Waals surface area contributed by atoms with Gasteiger partial charge in [-0.05, 0) is 18.2 Å². The predicted octanol–water partition coefficient (Wildman–Crippen LogP) is 2.70. The zero-order valence-corrected chi connectivity index (χ0v) is 13.0. The van der Waals surface area contributed by atoms with Crippen LogP contribution in [0.25, 0.3) is 16.6 Å². The number of aromatic nitrogens is 4. The number of allylic oxidation sites excluding steroid dienone is 1. The number of hydrogen-bond acceptors (Lipinski definition) is 6. The zero-order chi connectivity index (χ0) is 16.2. The standard InChI is InChI=1S/C16H13ClN6/c1-19-8-12(16(18)11-5-20-9-21-6-11)10-4-14-13(22-7-10)2-3-15(17)23-14/h2-9,18-19H,1H3/b12-8-,18-16?. The molecule has 0 amide bonds. The normalized spacial score (nSPS) is 11.5. The largest absolute Gasteiger partial charge is 0.393 e. The summed E-state index contributed by atoms with van der Waals surface area (Å²) in [6.45, 7) is 0. The second-order valence-electron chi connectivity index (χ2n) is 4.75. The van der Waals surface area contributed by atoms with Crippen LogP contribution in [-0.2, 0) is 0 Å². The van der Waals surface area contributed by atoms with E-state index in [0.29, 0.717) is 27.5 Å². The molecule has 0 spiro atoms. The molecular formula is C16H13ClN6. The Bertz CT molecular complexity index is 891. The van der Waals surface area contributed by atoms with Gasteiger partial charge in [-0.2, -0.15) is 0 Å². The van der Waals surface area contributed by atoms with Crippen molar-refractivity contribution in [1.29, 1.82) is 5.41 Å². The van der Waals surface area contributed by atoms with Gasteiger partial charge in [0.15, 0.2) is 0 Å². The van der Waals surface area contributed by atoms with Gasteiger partial charge in [-0.25, -0.2) is 15.0 Å². The highest BCUT2D eigenvalue weighted by atomic mass is 35.5. The lowest BCUT2D eigenvalue weighted by Gasteiger charge is -2.10. The summed E-state index contributed by atoms with van der Waals surface area (Å²) in [6.07, 6.45) is 8.08. The van der Waals surface area contributed by atoms with Gasteiger partial charge in [0, 0.05) is 48.5 Å². The minimum absolute atomic E-state index is 0.295. The number of rotatable bonds is 4. The summed E-state index contributed by atoms with van der Waals surface area (Å²) in [5.41, 5.74) is 3.76. The van der Waals surface area contributed by atoms with Crippen LogP contribution in [0.4, 0.5) is 0 Å². The molecule has 0 atom stereocenters. The molecule has 3 rings (SSSR count). The summed E-state index contributed by atoms with van der Waals surface area (Å²) >= 11 is 5.95. The quantitative estimate of drug-likeness (QED) is 0.569. The van der Waals surface area contributed by atoms with Crippen molar-refractivity contribution < 1.29 is 0 Å². The van der Waals surface area contributed by atoms with Gasteiger partial charge in [0.2, 0.25) is 0 Å². The Hall–Kier alpha value is -2.86. The molecule has 0 aromatic carbocycles. The van der Waals surface area contributed by atoms with Gasteiger partial charge < -0.3 is 5.32 Å². The molecule has 0 saturated heterocycles. The summed E-state index contributed by atoms with van der Waals surface area (Å²) in [5, 5.41) is 11.8. The molecule has 3 aromatic heterocycles. The van der Waals surface area contributed by atoms with Crippen molar-refractivity contribution in [3.05, 3.63) is 65.6 Å². The van der Waals surface area contributed by atoms with Crippen LogP contribution in [0.15, 0.2) is 49.3 Å². The van der Waals surface area contributed by atoms with Gasteiger partial charge in [-0.1, -0.05) is 11.6 Å². The van der Waals surface area contributed by atoms with Crippen molar-refractivity contribution in [1.82, 2.24) is 25.3 Å². The molecule has 2 N–H and O–H groups in total. The number of nitrogens with zero attached hydrogens (tertiary/aromatic N) is 4. The lowest BCUT2D eigenvalue weighted by molar-refractivity contribution is 1.11. The van der Waals surface area contributed by atoms with Crippen molar-refractivity contribution in [2.45, 2.75) is 0 Å². The van der Waals surface area contributed by atoms with E-state index in [0.717, 1.165) is 11.1 Å². The summed E-state index contributed by atoms with van der Waals surface area (Å²) in [5.74, 6) is 0. The first kappa shape index (κ1) is 15.1. The molecule has 3 heterocycles. The average molecular weight is 325 g/mol. The molecular weight excluding hydrogens is 312 g/mol. The molecule has 0 fully saturated rings. The molecule has 0 unspecified atom stereocenters. The van der Waals surface area contributed by atoms with E-state index in [4.69, 9.17) is 17.0 Å². The minimum Gasteiger partial charge on any atom is -0.393 e. The fourth-order valence-electron chi connectivity index (χ4n) is 2.16. The third-order valence-electron chi connectivity index (χ3n) is 3.22. The van der Waals surface area contributed by atoms with Crippen LogP contribution >= 0.6 is 11.6 Å². The smallest absolute Gasteiger partial charge is 0.129 e. The maximum Gasteiger partial charge on any atom is 0.129 e. The van der Waals surface area contributed by atoms with E-state index < -0.39 is 0 Å². The Kier molecular flexibility index (Phi) is 4.25. The zero-order valence-electron chi connectivity index (χ0n) is 12.3. The third-order valence-corrected chi connectivity index (χ3v) is 3.43. The summed E-state index contributed by atoms with van der Waals surface area (Å²) in [6, 6.07) is 5.37. The van der Waals surface area contributed by atoms with E-state index in [2.05, 4.69) is 25.3 Å². The molecule has 6 nitrogen and oxygen atoms in total. The van der Waals surface area contributed by atoms with Gasteiger partial charge in [0.1, 0.15) is 11.5 Å². The fourth-order valence-corrected chi connectivity index (χ4v) is 2.31. The van der Waals surface area contributed by atoms with Crippen LogP contribution in [-0.4, -0.2) is 32.7 Å². The molecule has 7 heteroatoms. The van der Waals surface area contributed by atoms with Gasteiger partial charge in [-0.3, -0.25) is 10.4 Å². The van der Waals surface area contributed by atoms with Gasteiger partial charge in [0.25, 0.3) is 0 Å². The lowest BCUT2D eigenvalue weighted by atomic mass is 9.99. The average Bonchev–Trinajstić information content (AvgIpc) is 2.59. The van der Waals surface area contributed by atoms with E-state index in [1.54, 1.807) is 37.9 Å². The lowest BCUT2D eigenvalue weighted by Crippen LogP contribution is -2.08. The van der Waals surface area contributed by atoms with Gasteiger partial charge in [0.05, 0.1) is 16.7 Å². The van der Waals surface area contributed by atoms with Crippen LogP contribution < -0.4 is 5.32 Å². The SMILES string of the molecule is CN/C=C(\C(=N)c1cncnc1)c1cnc2ccc(Cl)nc2c1. The molecule has 0 saturated carbocycles. The first-order chi connectivity index (χ1) is 11.2. The van der Waals surface area contributed by atoms with E-state index in [1.807, 2.05) is 12.1 Å². The van der Waals surface area contributed by atoms with Crippen LogP contribution in [0.5, 0.6) is 0 Å². The third kappa shape index (κ3) is 3.17. The second-order valence-corrected chi connectivity index (χ2v) is 5.13. The molecule has 3 aromatic rings. The van der Waals surface area contributed by atoms with Crippen LogP contribution in [0.1, 0.15) is 11.1 Å². The molecule has 0 aliphatic carbocycles. The van der Waals surface area contributed by atoms with E-state index >= 15 is 0 Å². The van der Waals surface area contributed by atoms with E-state index in [-0.39, 0.29) is 0 Å². The topological polar surface area (TPSA) is 87.4 Å². The van der Waals surface area contributed by atoms with Gasteiger partial charge in [-0.15, -0.1) is 0 Å². The first-order valence-corrected chi connectivity index (χ1v) is 7.21. The Morgan fingerprint density at radius 2 is 1.91 bits per heavy atom. The van der Waals surface area contributed by atoms with Crippen molar-refractivity contribution in [2.75, 3.05) is 7.05 Å². The van der Waals surface area contributed by atoms with Gasteiger partial charge >= 0.3 is 0 Å². The van der Waals surface area contributed by atoms with E-state index in [9.17, 15) is 0 Å². The fraction of sp³-hybridized carbons (Fsp3) is 0.0625. The maximum atomic E-state index is 8.42. The highest BCUT2D eigenvalue weighted by Crippen LogP contribution is 2.22. The number of hydrogen-bond donors (Lipinski definition) is 2. The Labute approximate surface area is 137 Å². The molecule has 114 valence electrons. The molecule has 0 aliphatic heterocycles. The first-order valence-electron chi connectivity index (χ1n) is 6.83. The molecule has 0 radical (unpaired) electrons. The van der Waals surface area contributed by atoms with Crippen molar-refractivity contribution in [3.63, 3.8) is 0 Å². The minimum atomic E-state index is 0.295. The van der Waals surface area contributed by atoms with Crippen LogP contribution in [0, 0.1) is 5.41 Å². The van der Waals surface area contributed by atoms with Crippen LogP contribution in [0.3, 0.4) is 0 Å². The summed E-state index contributed by atoms with van der Waals surface area (Å²) in [7, 11) is 1.78. The summed E-state index contributed by atoms with van der Waals surface area (Å²) in [4.78, 5) is 16.6. The molecule has 23 heavy (non-hydrogen) atoms. The molecule has 0 aliphatic rings. The van der Waals surface area contributed by atoms with Crippen molar-refractivity contribution in [2.24, 2.45) is 0 Å². The van der Waals surface area contributed by atoms with Crippen molar-refractivity contribution >= 4 is 33.9 Å². The van der Waals surface area contributed by atoms with E-state index in [1.165, 1.54) is 6.33 Å². The maximum absolute atomic E-state index is 8.42. The predicted molar refractivity (Wildman–Crippen MR) is 90.4 cm³/mol. The second kappa shape index (κ2) is 6.50.